The van der Waals surface area contributed by atoms with Crippen LogP contribution >= 0.6 is 0 Å². The van der Waals surface area contributed by atoms with Crippen molar-refractivity contribution in [3.63, 3.8) is 0 Å². The highest BCUT2D eigenvalue weighted by Gasteiger charge is 2.35. The van der Waals surface area contributed by atoms with Crippen LogP contribution in [0.15, 0.2) is 0 Å². The monoisotopic (exact) mass is 188 g/mol. The molecule has 1 saturated carbocycles. The zero-order valence-corrected chi connectivity index (χ0v) is 7.76. The van der Waals surface area contributed by atoms with Gasteiger partial charge in [-0.2, -0.15) is 5.26 Å². The van der Waals surface area contributed by atoms with Gasteiger partial charge in [-0.1, -0.05) is 0 Å². The summed E-state index contributed by atoms with van der Waals surface area (Å²) >= 11 is 0. The first-order chi connectivity index (χ1) is 5.56. The fraction of sp³-hybridized carbons (Fsp3) is 0.857. The molecule has 1 N–H and O–H groups in total. The molecule has 0 spiro atoms. The van der Waals surface area contributed by atoms with Crippen LogP contribution in [0.3, 0.4) is 0 Å². The topological polar surface area (TPSA) is 70.0 Å². The lowest BCUT2D eigenvalue weighted by Gasteiger charge is -2.05. The van der Waals surface area contributed by atoms with E-state index in [1.165, 1.54) is 0 Å². The number of hydrogen-bond donors (Lipinski definition) is 1. The Hall–Kier alpha value is -0.600. The van der Waals surface area contributed by atoms with Gasteiger partial charge < -0.3 is 0 Å². The van der Waals surface area contributed by atoms with E-state index in [0.717, 1.165) is 12.8 Å². The van der Waals surface area contributed by atoms with Crippen molar-refractivity contribution in [3.8, 4) is 6.07 Å². The van der Waals surface area contributed by atoms with Crippen LogP contribution in [-0.4, -0.2) is 20.2 Å². The molecule has 1 aliphatic carbocycles. The molecule has 5 heteroatoms. The normalized spacial score (nSPS) is 20.0. The maximum Gasteiger partial charge on any atom is 0.214 e. The average Bonchev–Trinajstić information content (AvgIpc) is 2.82. The maximum atomic E-state index is 11.2. The van der Waals surface area contributed by atoms with E-state index in [0.29, 0.717) is 0 Å². The molecule has 1 unspecified atom stereocenters. The first-order valence-corrected chi connectivity index (χ1v) is 5.49. The lowest BCUT2D eigenvalue weighted by atomic mass is 10.2. The molecule has 0 heterocycles. The van der Waals surface area contributed by atoms with Gasteiger partial charge in [0.15, 0.2) is 0 Å². The summed E-state index contributed by atoms with van der Waals surface area (Å²) < 4.78 is 24.8. The summed E-state index contributed by atoms with van der Waals surface area (Å²) in [5, 5.41) is 8.21. The van der Waals surface area contributed by atoms with Crippen LogP contribution in [0, 0.1) is 17.2 Å². The molecule has 0 aromatic rings. The molecule has 1 atom stereocenters. The largest absolute Gasteiger partial charge is 0.214 e. The van der Waals surface area contributed by atoms with Crippen molar-refractivity contribution < 1.29 is 8.42 Å². The third-order valence-corrected chi connectivity index (χ3v) is 3.69. The average molecular weight is 188 g/mol. The Morgan fingerprint density at radius 1 is 1.67 bits per heavy atom. The Labute approximate surface area is 72.6 Å². The van der Waals surface area contributed by atoms with Crippen LogP contribution in [0.2, 0.25) is 0 Å². The SMILES string of the molecule is CC(C#N)CNS(=O)(=O)C1CC1. The summed E-state index contributed by atoms with van der Waals surface area (Å²) in [6.07, 6.45) is 1.52. The van der Waals surface area contributed by atoms with Crippen LogP contribution in [0.1, 0.15) is 19.8 Å². The molecule has 0 aromatic heterocycles. The predicted octanol–water partition coefficient (Wildman–Crippen LogP) is 0.228. The Kier molecular flexibility index (Phi) is 2.70. The van der Waals surface area contributed by atoms with Crippen molar-refractivity contribution in [3.05, 3.63) is 0 Å². The summed E-state index contributed by atoms with van der Waals surface area (Å²) in [6, 6.07) is 1.97. The molecule has 0 aliphatic heterocycles. The van der Waals surface area contributed by atoms with Crippen LogP contribution in [0.5, 0.6) is 0 Å². The van der Waals surface area contributed by atoms with Crippen molar-refractivity contribution >= 4 is 10.0 Å². The van der Waals surface area contributed by atoms with Crippen molar-refractivity contribution in [2.24, 2.45) is 5.92 Å². The lowest BCUT2D eigenvalue weighted by molar-refractivity contribution is 0.571. The zero-order valence-electron chi connectivity index (χ0n) is 6.95. The highest BCUT2D eigenvalue weighted by molar-refractivity contribution is 7.90. The van der Waals surface area contributed by atoms with Gasteiger partial charge in [-0.25, -0.2) is 13.1 Å². The smallest absolute Gasteiger partial charge is 0.214 e. The van der Waals surface area contributed by atoms with E-state index in [2.05, 4.69) is 4.72 Å². The van der Waals surface area contributed by atoms with Crippen LogP contribution < -0.4 is 4.72 Å². The minimum atomic E-state index is -3.09. The number of hydrogen-bond acceptors (Lipinski definition) is 3. The number of nitrogens with zero attached hydrogens (tertiary/aromatic N) is 1. The van der Waals surface area contributed by atoms with Crippen molar-refractivity contribution in [2.75, 3.05) is 6.54 Å². The Balaban J connectivity index is 2.36. The molecule has 12 heavy (non-hydrogen) atoms. The van der Waals surface area contributed by atoms with Crippen LogP contribution in [-0.2, 0) is 10.0 Å². The van der Waals surface area contributed by atoms with E-state index < -0.39 is 10.0 Å². The van der Waals surface area contributed by atoms with Crippen molar-refractivity contribution in [1.29, 1.82) is 5.26 Å². The van der Waals surface area contributed by atoms with E-state index >= 15 is 0 Å². The van der Waals surface area contributed by atoms with Crippen molar-refractivity contribution in [1.82, 2.24) is 4.72 Å². The third kappa shape index (κ3) is 2.47. The Bertz CT molecular complexity index is 287. The Morgan fingerprint density at radius 3 is 2.67 bits per heavy atom. The second kappa shape index (κ2) is 3.42. The van der Waals surface area contributed by atoms with Crippen LogP contribution in [0.25, 0.3) is 0 Å². The fourth-order valence-corrected chi connectivity index (χ4v) is 2.26. The second-order valence-electron chi connectivity index (χ2n) is 3.12. The second-order valence-corrected chi connectivity index (χ2v) is 5.17. The van der Waals surface area contributed by atoms with Gasteiger partial charge in [0.25, 0.3) is 0 Å². The molecule has 0 aromatic carbocycles. The van der Waals surface area contributed by atoms with Crippen LogP contribution in [0.4, 0.5) is 0 Å². The molecule has 1 fully saturated rings. The molecule has 1 rings (SSSR count). The third-order valence-electron chi connectivity index (χ3n) is 1.77. The number of nitrogens with one attached hydrogen (secondary N) is 1. The van der Waals surface area contributed by atoms with E-state index in [9.17, 15) is 8.42 Å². The first kappa shape index (κ1) is 9.49. The van der Waals surface area contributed by atoms with Gasteiger partial charge in [-0.15, -0.1) is 0 Å². The lowest BCUT2D eigenvalue weighted by Crippen LogP contribution is -2.30. The minimum Gasteiger partial charge on any atom is -0.214 e. The standard InChI is InChI=1S/C7H12N2O2S/c1-6(4-8)5-9-12(10,11)7-2-3-7/h6-7,9H,2-3,5H2,1H3. The number of sulfonamides is 1. The minimum absolute atomic E-state index is 0.191. The summed E-state index contributed by atoms with van der Waals surface area (Å²) in [4.78, 5) is 0. The molecule has 0 saturated heterocycles. The Morgan fingerprint density at radius 2 is 2.25 bits per heavy atom. The number of rotatable bonds is 4. The molecular formula is C7H12N2O2S. The van der Waals surface area contributed by atoms with Gasteiger partial charge in [0.2, 0.25) is 10.0 Å². The zero-order chi connectivity index (χ0) is 9.19. The van der Waals surface area contributed by atoms with E-state index in [-0.39, 0.29) is 17.7 Å². The number of nitriles is 1. The summed E-state index contributed by atoms with van der Waals surface area (Å²) in [6.45, 7) is 1.92. The van der Waals surface area contributed by atoms with E-state index in [4.69, 9.17) is 5.26 Å². The quantitative estimate of drug-likeness (QED) is 0.686. The first-order valence-electron chi connectivity index (χ1n) is 3.94. The molecule has 0 bridgehead atoms. The van der Waals surface area contributed by atoms with Gasteiger partial charge in [0.1, 0.15) is 0 Å². The summed E-state index contributed by atoms with van der Waals surface area (Å²) in [5.41, 5.74) is 0. The highest BCUT2D eigenvalue weighted by Crippen LogP contribution is 2.27. The van der Waals surface area contributed by atoms with Gasteiger partial charge in [0, 0.05) is 6.54 Å². The highest BCUT2D eigenvalue weighted by atomic mass is 32.2. The molecule has 68 valence electrons. The van der Waals surface area contributed by atoms with Crippen molar-refractivity contribution in [2.45, 2.75) is 25.0 Å². The van der Waals surface area contributed by atoms with E-state index in [1.807, 2.05) is 6.07 Å². The van der Waals surface area contributed by atoms with E-state index in [1.54, 1.807) is 6.92 Å². The molecular weight excluding hydrogens is 176 g/mol. The fourth-order valence-electron chi connectivity index (χ4n) is 0.783. The molecule has 0 radical (unpaired) electrons. The maximum absolute atomic E-state index is 11.2. The van der Waals surface area contributed by atoms with Gasteiger partial charge in [0.05, 0.1) is 17.2 Å². The molecule has 4 nitrogen and oxygen atoms in total. The summed E-state index contributed by atoms with van der Waals surface area (Å²) in [7, 11) is -3.09. The predicted molar refractivity (Wildman–Crippen MR) is 44.7 cm³/mol. The molecule has 0 amide bonds. The van der Waals surface area contributed by atoms with Gasteiger partial charge in [-0.05, 0) is 19.8 Å². The summed E-state index contributed by atoms with van der Waals surface area (Å²) in [5.74, 6) is -0.251. The van der Waals surface area contributed by atoms with Gasteiger partial charge in [-0.3, -0.25) is 0 Å². The van der Waals surface area contributed by atoms with Gasteiger partial charge >= 0.3 is 0 Å². The molecule has 1 aliphatic rings.